The van der Waals surface area contributed by atoms with Gasteiger partial charge in [0.1, 0.15) is 17.0 Å². The minimum atomic E-state index is -3.74. The van der Waals surface area contributed by atoms with Crippen LogP contribution in [0.3, 0.4) is 0 Å². The number of nitrogens with one attached hydrogen (secondary N) is 1. The lowest BCUT2D eigenvalue weighted by Crippen LogP contribution is -2.33. The molecule has 1 aliphatic heterocycles. The zero-order chi connectivity index (χ0) is 16.7. The van der Waals surface area contributed by atoms with Crippen molar-refractivity contribution in [1.82, 2.24) is 29.6 Å². The molecule has 0 radical (unpaired) electrons. The fourth-order valence-electron chi connectivity index (χ4n) is 2.92. The number of nitrogens with zero attached hydrogens (tertiary/aromatic N) is 5. The van der Waals surface area contributed by atoms with Crippen LogP contribution in [0.2, 0.25) is 0 Å². The first kappa shape index (κ1) is 15.2. The van der Waals surface area contributed by atoms with Gasteiger partial charge in [-0.1, -0.05) is 12.1 Å². The van der Waals surface area contributed by atoms with Gasteiger partial charge in [0.05, 0.1) is 23.3 Å². The Kier molecular flexibility index (Phi) is 3.57. The van der Waals surface area contributed by atoms with Gasteiger partial charge < -0.3 is 4.52 Å². The minimum Gasteiger partial charge on any atom is -0.336 e. The van der Waals surface area contributed by atoms with Crippen molar-refractivity contribution >= 4 is 21.1 Å². The Labute approximate surface area is 138 Å². The topological polar surface area (TPSA) is 116 Å². The zero-order valence-electron chi connectivity index (χ0n) is 13.0. The lowest BCUT2D eigenvalue weighted by atomic mass is 10.1. The molecule has 0 bridgehead atoms. The van der Waals surface area contributed by atoms with Gasteiger partial charge in [0.2, 0.25) is 10.0 Å². The molecule has 3 aromatic rings. The molecule has 0 spiro atoms. The number of fused-ring (bicyclic) bond motifs is 2. The minimum absolute atomic E-state index is 0.0875. The van der Waals surface area contributed by atoms with Crippen LogP contribution in [0.5, 0.6) is 0 Å². The summed E-state index contributed by atoms with van der Waals surface area (Å²) in [6.07, 6.45) is 4.88. The van der Waals surface area contributed by atoms with Gasteiger partial charge >= 0.3 is 0 Å². The third-order valence-electron chi connectivity index (χ3n) is 4.14. The maximum atomic E-state index is 12.7. The molecule has 0 fully saturated rings. The van der Waals surface area contributed by atoms with E-state index in [4.69, 9.17) is 4.52 Å². The van der Waals surface area contributed by atoms with Crippen LogP contribution in [0.4, 0.5) is 0 Å². The second kappa shape index (κ2) is 5.64. The predicted octanol–water partition coefficient (Wildman–Crippen LogP) is 1.19. The molecule has 1 N–H and O–H groups in total. The van der Waals surface area contributed by atoms with Gasteiger partial charge in [-0.15, -0.1) is 0 Å². The Hall–Kier alpha value is -2.33. The van der Waals surface area contributed by atoms with Crippen LogP contribution in [-0.2, 0) is 23.0 Å². The van der Waals surface area contributed by atoms with Crippen molar-refractivity contribution < 1.29 is 12.9 Å². The summed E-state index contributed by atoms with van der Waals surface area (Å²) in [6.45, 7) is 2.67. The van der Waals surface area contributed by atoms with E-state index >= 15 is 0 Å². The van der Waals surface area contributed by atoms with E-state index in [9.17, 15) is 8.42 Å². The van der Waals surface area contributed by atoms with E-state index in [1.165, 1.54) is 12.5 Å². The Morgan fingerprint density at radius 3 is 3.12 bits per heavy atom. The smallest absolute Gasteiger partial charge is 0.258 e. The van der Waals surface area contributed by atoms with E-state index in [-0.39, 0.29) is 4.90 Å². The molecule has 4 heterocycles. The van der Waals surface area contributed by atoms with Crippen LogP contribution >= 0.6 is 0 Å². The van der Waals surface area contributed by atoms with Crippen LogP contribution in [0.1, 0.15) is 37.3 Å². The van der Waals surface area contributed by atoms with Gasteiger partial charge in [-0.3, -0.25) is 0 Å². The van der Waals surface area contributed by atoms with E-state index in [0.29, 0.717) is 35.5 Å². The summed E-state index contributed by atoms with van der Waals surface area (Å²) in [5.74, 6) is 0.637. The van der Waals surface area contributed by atoms with E-state index in [1.54, 1.807) is 10.7 Å². The number of pyridine rings is 1. The Balaban J connectivity index is 1.68. The maximum absolute atomic E-state index is 12.7. The second-order valence-corrected chi connectivity index (χ2v) is 7.38. The van der Waals surface area contributed by atoms with Crippen LogP contribution in [0.25, 0.3) is 11.1 Å². The molecule has 0 saturated carbocycles. The predicted molar refractivity (Wildman–Crippen MR) is 83.5 cm³/mol. The molecule has 0 saturated heterocycles. The van der Waals surface area contributed by atoms with Gasteiger partial charge in [0, 0.05) is 6.54 Å². The molecular weight excluding hydrogens is 332 g/mol. The highest BCUT2D eigenvalue weighted by Gasteiger charge is 2.28. The van der Waals surface area contributed by atoms with Crippen molar-refractivity contribution in [1.29, 1.82) is 0 Å². The lowest BCUT2D eigenvalue weighted by Gasteiger charge is -2.22. The Morgan fingerprint density at radius 2 is 2.29 bits per heavy atom. The summed E-state index contributed by atoms with van der Waals surface area (Å²) >= 11 is 0. The van der Waals surface area contributed by atoms with Crippen LogP contribution < -0.4 is 4.72 Å². The first-order chi connectivity index (χ1) is 11.6. The largest absolute Gasteiger partial charge is 0.336 e. The number of rotatable bonds is 4. The first-order valence-electron chi connectivity index (χ1n) is 7.73. The van der Waals surface area contributed by atoms with Crippen LogP contribution in [0.15, 0.2) is 28.0 Å². The van der Waals surface area contributed by atoms with Crippen LogP contribution in [0, 0.1) is 0 Å². The molecule has 24 heavy (non-hydrogen) atoms. The van der Waals surface area contributed by atoms with Gasteiger partial charge in [-0.2, -0.15) is 5.10 Å². The number of aryl methyl sites for hydroxylation is 2. The van der Waals surface area contributed by atoms with Gasteiger partial charge in [0.25, 0.3) is 5.71 Å². The molecule has 9 nitrogen and oxygen atoms in total. The summed E-state index contributed by atoms with van der Waals surface area (Å²) < 4.78 is 35.0. The summed E-state index contributed by atoms with van der Waals surface area (Å²) in [4.78, 5) is 8.32. The van der Waals surface area contributed by atoms with Crippen molar-refractivity contribution in [3.05, 3.63) is 30.1 Å². The van der Waals surface area contributed by atoms with E-state index in [0.717, 1.165) is 13.0 Å². The highest BCUT2D eigenvalue weighted by Crippen LogP contribution is 2.26. The maximum Gasteiger partial charge on any atom is 0.258 e. The molecule has 1 unspecified atom stereocenters. The van der Waals surface area contributed by atoms with Crippen molar-refractivity contribution in [3.8, 4) is 0 Å². The van der Waals surface area contributed by atoms with E-state index in [1.807, 2.05) is 6.92 Å². The average Bonchev–Trinajstić information content (AvgIpc) is 3.21. The SMILES string of the molecule is CCc1noc2ncc(S(=O)(=O)NC3CCCn4ncnc43)cc12. The summed E-state index contributed by atoms with van der Waals surface area (Å²) in [5.41, 5.74) is 1.02. The highest BCUT2D eigenvalue weighted by atomic mass is 32.2. The van der Waals surface area contributed by atoms with Crippen LogP contribution in [-0.4, -0.2) is 33.3 Å². The fourth-order valence-corrected chi connectivity index (χ4v) is 4.12. The normalized spacial score (nSPS) is 18.0. The van der Waals surface area contributed by atoms with Gasteiger partial charge in [-0.25, -0.2) is 27.8 Å². The number of sulfonamides is 1. The summed E-state index contributed by atoms with van der Waals surface area (Å²) in [6, 6.07) is 1.16. The molecule has 1 aliphatic rings. The molecule has 0 aliphatic carbocycles. The third kappa shape index (κ3) is 2.47. The quantitative estimate of drug-likeness (QED) is 0.753. The highest BCUT2D eigenvalue weighted by molar-refractivity contribution is 7.89. The lowest BCUT2D eigenvalue weighted by molar-refractivity contribution is 0.400. The molecule has 10 heteroatoms. The van der Waals surface area contributed by atoms with Crippen molar-refractivity contribution in [2.24, 2.45) is 0 Å². The molecule has 3 aromatic heterocycles. The Morgan fingerprint density at radius 1 is 1.42 bits per heavy atom. The van der Waals surface area contributed by atoms with E-state index in [2.05, 4.69) is 24.9 Å². The number of hydrogen-bond acceptors (Lipinski definition) is 7. The third-order valence-corrected chi connectivity index (χ3v) is 5.58. The first-order valence-corrected chi connectivity index (χ1v) is 9.21. The van der Waals surface area contributed by atoms with Crippen molar-refractivity contribution in [2.45, 2.75) is 43.7 Å². The molecule has 0 amide bonds. The van der Waals surface area contributed by atoms with Gasteiger partial charge in [-0.05, 0) is 25.3 Å². The van der Waals surface area contributed by atoms with E-state index < -0.39 is 16.1 Å². The molecule has 126 valence electrons. The van der Waals surface area contributed by atoms with Gasteiger partial charge in [0.15, 0.2) is 0 Å². The fraction of sp³-hybridized carbons (Fsp3) is 0.429. The number of aromatic nitrogens is 5. The Bertz CT molecular complexity index is 993. The summed E-state index contributed by atoms with van der Waals surface area (Å²) in [7, 11) is -3.74. The van der Waals surface area contributed by atoms with Crippen molar-refractivity contribution in [3.63, 3.8) is 0 Å². The average molecular weight is 348 g/mol. The molecule has 4 rings (SSSR count). The second-order valence-electron chi connectivity index (χ2n) is 5.66. The monoisotopic (exact) mass is 348 g/mol. The number of hydrogen-bond donors (Lipinski definition) is 1. The summed E-state index contributed by atoms with van der Waals surface area (Å²) in [5, 5.41) is 8.62. The molecule has 0 aromatic carbocycles. The van der Waals surface area contributed by atoms with Crippen molar-refractivity contribution in [2.75, 3.05) is 0 Å². The molecule has 1 atom stereocenters. The molecular formula is C14H16N6O3S. The zero-order valence-corrected chi connectivity index (χ0v) is 13.8. The standard InChI is InChI=1S/C14H16N6O3S/c1-2-11-10-6-9(7-15-14(10)23-18-11)24(21,22)19-12-4-3-5-20-13(12)16-8-17-20/h6-8,12,19H,2-5H2,1H3.